The minimum atomic E-state index is -1.43. The van der Waals surface area contributed by atoms with Crippen LogP contribution in [-0.4, -0.2) is 22.2 Å². The van der Waals surface area contributed by atoms with E-state index in [1.165, 1.54) is 12.3 Å². The van der Waals surface area contributed by atoms with Crippen molar-refractivity contribution in [2.24, 2.45) is 0 Å². The number of aromatic nitrogens is 1. The Morgan fingerprint density at radius 1 is 1.55 bits per heavy atom. The molecule has 0 fully saturated rings. The predicted octanol–water partition coefficient (Wildman–Crippen LogP) is -0.596. The first-order valence-corrected chi connectivity index (χ1v) is 3.18. The number of pyridine rings is 1. The van der Waals surface area contributed by atoms with Crippen LogP contribution in [-0.2, 0) is 0 Å². The molecule has 0 atom stereocenters. The van der Waals surface area contributed by atoms with Crippen molar-refractivity contribution in [1.82, 2.24) is 4.98 Å². The summed E-state index contributed by atoms with van der Waals surface area (Å²) < 4.78 is 0. The van der Waals surface area contributed by atoms with E-state index in [1.54, 1.807) is 12.1 Å². The van der Waals surface area contributed by atoms with Gasteiger partial charge in [0, 0.05) is 6.20 Å². The topological polar surface area (TPSA) is 53.4 Å². The highest BCUT2D eigenvalue weighted by molar-refractivity contribution is 6.58. The van der Waals surface area contributed by atoms with Gasteiger partial charge in [0.15, 0.2) is 0 Å². The van der Waals surface area contributed by atoms with E-state index in [2.05, 4.69) is 11.6 Å². The van der Waals surface area contributed by atoms with E-state index in [0.717, 1.165) is 0 Å². The largest absolute Gasteiger partial charge is 0.488 e. The minimum Gasteiger partial charge on any atom is -0.423 e. The maximum Gasteiger partial charge on any atom is 0.488 e. The molecule has 0 spiro atoms. The maximum absolute atomic E-state index is 8.74. The van der Waals surface area contributed by atoms with Crippen LogP contribution < -0.4 is 5.46 Å². The highest BCUT2D eigenvalue weighted by Crippen LogP contribution is 1.92. The molecular weight excluding hydrogens is 141 g/mol. The fraction of sp³-hybridized carbons (Fsp3) is 0. The Morgan fingerprint density at radius 2 is 2.27 bits per heavy atom. The van der Waals surface area contributed by atoms with Gasteiger partial charge in [0.2, 0.25) is 0 Å². The summed E-state index contributed by atoms with van der Waals surface area (Å²) in [7, 11) is -1.43. The van der Waals surface area contributed by atoms with Crippen LogP contribution in [0.25, 0.3) is 6.08 Å². The van der Waals surface area contributed by atoms with Gasteiger partial charge in [-0.05, 0) is 23.7 Å². The van der Waals surface area contributed by atoms with Crippen LogP contribution >= 0.6 is 0 Å². The van der Waals surface area contributed by atoms with E-state index in [-0.39, 0.29) is 0 Å². The maximum atomic E-state index is 8.74. The zero-order valence-electron chi connectivity index (χ0n) is 5.94. The van der Waals surface area contributed by atoms with Crippen molar-refractivity contribution < 1.29 is 10.0 Å². The molecule has 0 aromatic carbocycles. The molecule has 0 saturated carbocycles. The Balaban J connectivity index is 3.00. The number of hydrogen-bond acceptors (Lipinski definition) is 3. The Labute approximate surface area is 65.2 Å². The summed E-state index contributed by atoms with van der Waals surface area (Å²) in [5.41, 5.74) is 1.06. The van der Waals surface area contributed by atoms with Crippen molar-refractivity contribution in [3.05, 3.63) is 30.6 Å². The zero-order valence-corrected chi connectivity index (χ0v) is 5.94. The van der Waals surface area contributed by atoms with Crippen LogP contribution in [0.1, 0.15) is 5.69 Å². The lowest BCUT2D eigenvalue weighted by Gasteiger charge is -1.98. The molecule has 0 saturated heterocycles. The molecule has 0 aliphatic heterocycles. The lowest BCUT2D eigenvalue weighted by molar-refractivity contribution is 0.425. The van der Waals surface area contributed by atoms with Crippen LogP contribution in [0.15, 0.2) is 24.9 Å². The van der Waals surface area contributed by atoms with E-state index < -0.39 is 7.12 Å². The van der Waals surface area contributed by atoms with Crippen LogP contribution in [0.5, 0.6) is 0 Å². The van der Waals surface area contributed by atoms with Crippen LogP contribution in [0.3, 0.4) is 0 Å². The Morgan fingerprint density at radius 3 is 2.82 bits per heavy atom. The highest BCUT2D eigenvalue weighted by atomic mass is 16.4. The monoisotopic (exact) mass is 149 g/mol. The summed E-state index contributed by atoms with van der Waals surface area (Å²) in [6.07, 6.45) is 3.05. The second-order valence-electron chi connectivity index (χ2n) is 2.09. The third-order valence-corrected chi connectivity index (χ3v) is 1.31. The van der Waals surface area contributed by atoms with Crippen LogP contribution in [0.4, 0.5) is 0 Å². The summed E-state index contributed by atoms with van der Waals surface area (Å²) in [6, 6.07) is 3.11. The van der Waals surface area contributed by atoms with E-state index >= 15 is 0 Å². The molecule has 1 rings (SSSR count). The summed E-state index contributed by atoms with van der Waals surface area (Å²) >= 11 is 0. The first kappa shape index (κ1) is 7.98. The summed E-state index contributed by atoms with van der Waals surface area (Å²) in [6.45, 7) is 3.51. The molecule has 56 valence electrons. The standard InChI is InChI=1S/C7H8BNO2/c1-2-7-5-6(8(10)11)3-4-9-7/h2-5,10-11H,1H2. The molecule has 0 unspecified atom stereocenters. The van der Waals surface area contributed by atoms with Gasteiger partial charge in [0.05, 0.1) is 5.69 Å². The molecule has 0 radical (unpaired) electrons. The Kier molecular flexibility index (Phi) is 2.41. The van der Waals surface area contributed by atoms with Crippen molar-refractivity contribution in [3.8, 4) is 0 Å². The van der Waals surface area contributed by atoms with E-state index in [0.29, 0.717) is 11.2 Å². The molecule has 1 heterocycles. The van der Waals surface area contributed by atoms with Crippen molar-refractivity contribution in [2.45, 2.75) is 0 Å². The number of rotatable bonds is 2. The molecule has 2 N–H and O–H groups in total. The van der Waals surface area contributed by atoms with Crippen molar-refractivity contribution in [1.29, 1.82) is 0 Å². The Hall–Kier alpha value is -1.13. The molecule has 1 aromatic rings. The van der Waals surface area contributed by atoms with E-state index in [4.69, 9.17) is 10.0 Å². The molecule has 0 aliphatic carbocycles. The van der Waals surface area contributed by atoms with Crippen LogP contribution in [0, 0.1) is 0 Å². The second-order valence-corrected chi connectivity index (χ2v) is 2.09. The molecule has 11 heavy (non-hydrogen) atoms. The normalized spacial score (nSPS) is 9.27. The Bertz CT molecular complexity index is 262. The molecule has 0 aliphatic rings. The van der Waals surface area contributed by atoms with Gasteiger partial charge < -0.3 is 10.0 Å². The first-order valence-electron chi connectivity index (χ1n) is 3.18. The predicted molar refractivity (Wildman–Crippen MR) is 44.2 cm³/mol. The second kappa shape index (κ2) is 3.32. The number of hydrogen-bond donors (Lipinski definition) is 2. The van der Waals surface area contributed by atoms with Gasteiger partial charge in [-0.3, -0.25) is 4.98 Å². The lowest BCUT2D eigenvalue weighted by Crippen LogP contribution is -2.29. The number of nitrogens with zero attached hydrogens (tertiary/aromatic N) is 1. The van der Waals surface area contributed by atoms with Gasteiger partial charge in [0.1, 0.15) is 0 Å². The molecule has 1 aromatic heterocycles. The third-order valence-electron chi connectivity index (χ3n) is 1.31. The van der Waals surface area contributed by atoms with Crippen molar-refractivity contribution in [2.75, 3.05) is 0 Å². The van der Waals surface area contributed by atoms with Crippen molar-refractivity contribution >= 4 is 18.7 Å². The molecular formula is C7H8BNO2. The van der Waals surface area contributed by atoms with Gasteiger partial charge in [-0.1, -0.05) is 6.58 Å². The van der Waals surface area contributed by atoms with Gasteiger partial charge in [-0.15, -0.1) is 0 Å². The first-order chi connectivity index (χ1) is 5.24. The van der Waals surface area contributed by atoms with Crippen molar-refractivity contribution in [3.63, 3.8) is 0 Å². The molecule has 4 heteroatoms. The van der Waals surface area contributed by atoms with E-state index in [9.17, 15) is 0 Å². The van der Waals surface area contributed by atoms with Gasteiger partial charge in [0.25, 0.3) is 0 Å². The molecule has 3 nitrogen and oxygen atoms in total. The van der Waals surface area contributed by atoms with Crippen LogP contribution in [0.2, 0.25) is 0 Å². The lowest BCUT2D eigenvalue weighted by atomic mass is 9.81. The average molecular weight is 149 g/mol. The minimum absolute atomic E-state index is 0.426. The van der Waals surface area contributed by atoms with Gasteiger partial charge in [-0.25, -0.2) is 0 Å². The smallest absolute Gasteiger partial charge is 0.423 e. The summed E-state index contributed by atoms with van der Waals surface area (Å²) in [5, 5.41) is 17.5. The summed E-state index contributed by atoms with van der Waals surface area (Å²) in [5.74, 6) is 0. The molecule has 0 amide bonds. The van der Waals surface area contributed by atoms with Gasteiger partial charge >= 0.3 is 7.12 Å². The van der Waals surface area contributed by atoms with Gasteiger partial charge in [-0.2, -0.15) is 0 Å². The van der Waals surface area contributed by atoms with E-state index in [1.807, 2.05) is 0 Å². The quantitative estimate of drug-likeness (QED) is 0.552. The average Bonchev–Trinajstić information content (AvgIpc) is 2.05. The highest BCUT2D eigenvalue weighted by Gasteiger charge is 2.09. The zero-order chi connectivity index (χ0) is 8.27. The molecule has 0 bridgehead atoms. The SMILES string of the molecule is C=Cc1cc(B(O)O)ccn1. The fourth-order valence-electron chi connectivity index (χ4n) is 0.738. The third kappa shape index (κ3) is 1.90. The summed E-state index contributed by atoms with van der Waals surface area (Å²) in [4.78, 5) is 3.90. The fourth-order valence-corrected chi connectivity index (χ4v) is 0.738.